The molecule has 3 fully saturated rings. The standard InChI is InChI=1S/C53H83NO14/c1-32-16-12-11-13-17-33(2)44(63-8)30-40-21-19-38(7)53(62,68-40)50(59)51(60)54-23-15-14-18-41(54)52(61)67-45(35(4)28-39-20-22-43(66-25-24-55)46(29-39)64-9)31-42(56)34(3)27-37(6)48(58)49(65-10)47(57)36(5)26-32/h11-13,16-17,27,32,34-36,38-41,43-46,48-49,55,58,62H,14-15,18-26,28-31H2,1-10H3/t32?,34?,35?,36?,38?,39?,40?,41?,43?,44?,45?,46?,48?,49?,53-/m1/s1. The van der Waals surface area contributed by atoms with Crippen molar-refractivity contribution in [1.29, 1.82) is 0 Å². The summed E-state index contributed by atoms with van der Waals surface area (Å²) in [5, 5.41) is 32.8. The van der Waals surface area contributed by atoms with E-state index in [4.69, 9.17) is 28.4 Å². The lowest BCUT2D eigenvalue weighted by molar-refractivity contribution is -0.265. The van der Waals surface area contributed by atoms with Crippen LogP contribution in [0.1, 0.15) is 126 Å². The summed E-state index contributed by atoms with van der Waals surface area (Å²) in [7, 11) is 4.58. The third-order valence-electron chi connectivity index (χ3n) is 14.9. The number of cyclic esters (lactones) is 1. The molecule has 1 saturated carbocycles. The van der Waals surface area contributed by atoms with E-state index < -0.39 is 77.8 Å². The van der Waals surface area contributed by atoms with E-state index in [2.05, 4.69) is 0 Å². The van der Waals surface area contributed by atoms with Gasteiger partial charge < -0.3 is 48.6 Å². The maximum atomic E-state index is 14.5. The Kier molecular flexibility index (Phi) is 22.9. The predicted octanol–water partition coefficient (Wildman–Crippen LogP) is 6.20. The van der Waals surface area contributed by atoms with E-state index in [-0.39, 0.29) is 74.1 Å². The molecule has 0 spiro atoms. The molecule has 0 aromatic carbocycles. The number of piperidine rings is 1. The van der Waals surface area contributed by atoms with Crippen molar-refractivity contribution in [2.45, 2.75) is 180 Å². The molecule has 15 atom stereocenters. The number of aliphatic hydroxyl groups is 3. The quantitative estimate of drug-likeness (QED) is 0.134. The Morgan fingerprint density at radius 1 is 0.853 bits per heavy atom. The molecule has 2 saturated heterocycles. The van der Waals surface area contributed by atoms with Gasteiger partial charge in [0.1, 0.15) is 30.1 Å². The molecule has 15 nitrogen and oxygen atoms in total. The highest BCUT2D eigenvalue weighted by Crippen LogP contribution is 2.38. The van der Waals surface area contributed by atoms with E-state index in [1.54, 1.807) is 41.1 Å². The van der Waals surface area contributed by atoms with Crippen LogP contribution in [0.4, 0.5) is 0 Å². The number of carbonyl (C=O) groups is 5. The highest BCUT2D eigenvalue weighted by Gasteiger charge is 2.53. The van der Waals surface area contributed by atoms with Crippen molar-refractivity contribution in [3.05, 3.63) is 47.6 Å². The van der Waals surface area contributed by atoms with Crippen LogP contribution in [0.3, 0.4) is 0 Å². The number of allylic oxidation sites excluding steroid dienone is 6. The van der Waals surface area contributed by atoms with Crippen LogP contribution in [-0.4, -0.2) is 145 Å². The molecule has 3 N–H and O–H groups in total. The van der Waals surface area contributed by atoms with Crippen molar-refractivity contribution in [3.63, 3.8) is 0 Å². The minimum absolute atomic E-state index is 0.0158. The number of rotatable bonds is 9. The van der Waals surface area contributed by atoms with Crippen LogP contribution in [0.2, 0.25) is 0 Å². The third kappa shape index (κ3) is 15.3. The maximum Gasteiger partial charge on any atom is 0.329 e. The highest BCUT2D eigenvalue weighted by molar-refractivity contribution is 6.39. The molecule has 0 aromatic rings. The van der Waals surface area contributed by atoms with Gasteiger partial charge in [-0.05, 0) is 107 Å². The molecule has 15 heteroatoms. The molecular weight excluding hydrogens is 875 g/mol. The van der Waals surface area contributed by atoms with E-state index in [1.165, 1.54) is 12.0 Å². The van der Waals surface area contributed by atoms with E-state index in [0.717, 1.165) is 12.0 Å². The Labute approximate surface area is 405 Å². The molecular formula is C53H83NO14. The number of ether oxygens (including phenoxy) is 6. The van der Waals surface area contributed by atoms with Gasteiger partial charge in [0.15, 0.2) is 5.78 Å². The lowest BCUT2D eigenvalue weighted by atomic mass is 9.78. The molecule has 0 radical (unpaired) electrons. The highest BCUT2D eigenvalue weighted by atomic mass is 16.6. The van der Waals surface area contributed by atoms with Crippen LogP contribution in [0, 0.1) is 35.5 Å². The van der Waals surface area contributed by atoms with Crippen molar-refractivity contribution in [1.82, 2.24) is 4.90 Å². The summed E-state index contributed by atoms with van der Waals surface area (Å²) in [6.07, 6.45) is 12.0. The zero-order valence-corrected chi connectivity index (χ0v) is 42.4. The smallest absolute Gasteiger partial charge is 0.329 e. The minimum Gasteiger partial charge on any atom is -0.460 e. The molecule has 4 rings (SSSR count). The lowest BCUT2D eigenvalue weighted by Crippen LogP contribution is -2.61. The molecule has 2 bridgehead atoms. The Balaban J connectivity index is 1.70. The summed E-state index contributed by atoms with van der Waals surface area (Å²) < 4.78 is 35.6. The summed E-state index contributed by atoms with van der Waals surface area (Å²) in [5.74, 6) is -7.96. The van der Waals surface area contributed by atoms with Crippen molar-refractivity contribution in [2.75, 3.05) is 41.1 Å². The van der Waals surface area contributed by atoms with Crippen molar-refractivity contribution in [2.24, 2.45) is 35.5 Å². The van der Waals surface area contributed by atoms with Gasteiger partial charge in [0.2, 0.25) is 5.79 Å². The summed E-state index contributed by atoms with van der Waals surface area (Å²) in [5.41, 5.74) is 1.26. The van der Waals surface area contributed by atoms with Gasteiger partial charge in [-0.15, -0.1) is 0 Å². The van der Waals surface area contributed by atoms with Crippen LogP contribution in [-0.2, 0) is 52.4 Å². The van der Waals surface area contributed by atoms with Gasteiger partial charge in [-0.2, -0.15) is 0 Å². The molecule has 1 amide bonds. The fraction of sp³-hybridized carbons (Fsp3) is 0.755. The first-order chi connectivity index (χ1) is 32.3. The average molecular weight is 958 g/mol. The molecule has 14 unspecified atom stereocenters. The Hall–Kier alpha value is -3.41. The second-order valence-corrected chi connectivity index (χ2v) is 20.2. The monoisotopic (exact) mass is 958 g/mol. The van der Waals surface area contributed by atoms with Crippen molar-refractivity contribution >= 4 is 29.2 Å². The molecule has 1 aliphatic carbocycles. The normalized spacial score (nSPS) is 36.7. The van der Waals surface area contributed by atoms with Gasteiger partial charge in [0.05, 0.1) is 37.6 Å². The summed E-state index contributed by atoms with van der Waals surface area (Å²) >= 11 is 0. The Bertz CT molecular complexity index is 1810. The average Bonchev–Trinajstić information content (AvgIpc) is 3.32. The van der Waals surface area contributed by atoms with Gasteiger partial charge in [-0.1, -0.05) is 71.1 Å². The molecule has 68 heavy (non-hydrogen) atoms. The molecule has 3 heterocycles. The number of nitrogens with zero attached hydrogens (tertiary/aromatic N) is 1. The van der Waals surface area contributed by atoms with Crippen molar-refractivity contribution in [3.8, 4) is 0 Å². The van der Waals surface area contributed by atoms with Crippen LogP contribution in [0.5, 0.6) is 0 Å². The first-order valence-corrected chi connectivity index (χ1v) is 25.0. The zero-order chi connectivity index (χ0) is 50.3. The van der Waals surface area contributed by atoms with E-state index in [1.807, 2.05) is 58.1 Å². The number of carbonyl (C=O) groups excluding carboxylic acids is 5. The minimum atomic E-state index is -2.43. The number of aliphatic hydroxyl groups excluding tert-OH is 2. The Morgan fingerprint density at radius 2 is 1.59 bits per heavy atom. The zero-order valence-electron chi connectivity index (χ0n) is 42.4. The number of methoxy groups -OCH3 is 3. The second-order valence-electron chi connectivity index (χ2n) is 20.2. The van der Waals surface area contributed by atoms with Gasteiger partial charge >= 0.3 is 5.97 Å². The predicted molar refractivity (Wildman–Crippen MR) is 256 cm³/mol. The van der Waals surface area contributed by atoms with E-state index in [9.17, 15) is 39.3 Å². The molecule has 3 aliphatic heterocycles. The number of Topliss-reactive ketones (excluding diaryl/α,β-unsaturated/α-hetero) is 3. The van der Waals surface area contributed by atoms with Crippen LogP contribution >= 0.6 is 0 Å². The van der Waals surface area contributed by atoms with Crippen molar-refractivity contribution < 1.29 is 67.7 Å². The summed E-state index contributed by atoms with van der Waals surface area (Å²) in [6, 6.07) is -1.14. The number of ketones is 3. The van der Waals surface area contributed by atoms with Gasteiger partial charge in [0, 0.05) is 58.5 Å². The summed E-state index contributed by atoms with van der Waals surface area (Å²) in [6.45, 7) is 12.9. The maximum absolute atomic E-state index is 14.5. The van der Waals surface area contributed by atoms with Gasteiger partial charge in [-0.3, -0.25) is 19.2 Å². The number of amides is 1. The van der Waals surface area contributed by atoms with Crippen LogP contribution in [0.15, 0.2) is 47.6 Å². The van der Waals surface area contributed by atoms with Gasteiger partial charge in [-0.25, -0.2) is 4.79 Å². The van der Waals surface area contributed by atoms with Gasteiger partial charge in [0.25, 0.3) is 11.7 Å². The molecule has 4 aliphatic rings. The third-order valence-corrected chi connectivity index (χ3v) is 14.9. The SMILES string of the molecule is COC1CC2CCC(C)[C@@](O)(O2)C(=O)C(=O)N2CCCCC2C(=O)OC(C(C)CC2CCC(OCCO)C(OC)C2)CC(=O)C(C)C=C(C)C(O)C(OC)C(=O)C(C)CC(C)C=CC=CC=C1C. The fourth-order valence-electron chi connectivity index (χ4n) is 10.5. The first kappa shape index (κ1) is 57.2. The van der Waals surface area contributed by atoms with E-state index >= 15 is 0 Å². The number of hydrogen-bond acceptors (Lipinski definition) is 14. The Morgan fingerprint density at radius 3 is 2.26 bits per heavy atom. The van der Waals surface area contributed by atoms with Crippen LogP contribution in [0.25, 0.3) is 0 Å². The molecule has 0 aromatic heterocycles. The molecule has 384 valence electrons. The largest absolute Gasteiger partial charge is 0.460 e. The number of hydrogen-bond donors (Lipinski definition) is 3. The second kappa shape index (κ2) is 27.3. The lowest BCUT2D eigenvalue weighted by Gasteiger charge is -2.42. The summed E-state index contributed by atoms with van der Waals surface area (Å²) in [4.78, 5) is 72.1. The van der Waals surface area contributed by atoms with Crippen LogP contribution < -0.4 is 0 Å². The van der Waals surface area contributed by atoms with E-state index in [0.29, 0.717) is 63.4 Å². The first-order valence-electron chi connectivity index (χ1n) is 25.0. The number of esters is 1. The number of fused-ring (bicyclic) bond motifs is 3. The topological polar surface area (TPSA) is 205 Å². The fourth-order valence-corrected chi connectivity index (χ4v) is 10.5.